The molecule has 0 aliphatic rings. The number of ether oxygens (including phenoxy) is 1. The maximum absolute atomic E-state index is 12.1. The SMILES string of the molecule is COCCN(S(=O)(=O)C(F)(F)F)S(=O)(=O)C(F)(F)F. The molecular formula is C5H7F6NO5S2. The van der Waals surface area contributed by atoms with Gasteiger partial charge in [-0.25, -0.2) is 16.8 Å². The van der Waals surface area contributed by atoms with Gasteiger partial charge in [-0.3, -0.25) is 0 Å². The zero-order valence-electron chi connectivity index (χ0n) is 8.99. The lowest BCUT2D eigenvalue weighted by atomic mass is 10.7. The Balaban J connectivity index is 5.90. The first kappa shape index (κ1) is 18.4. The minimum atomic E-state index is -6.71. The van der Waals surface area contributed by atoms with E-state index in [1.54, 1.807) is 0 Å². The zero-order chi connectivity index (χ0) is 15.7. The summed E-state index contributed by atoms with van der Waals surface area (Å²) >= 11 is 0. The molecule has 0 rings (SSSR count). The van der Waals surface area contributed by atoms with E-state index in [0.717, 1.165) is 7.11 Å². The van der Waals surface area contributed by atoms with Crippen LogP contribution >= 0.6 is 0 Å². The van der Waals surface area contributed by atoms with Crippen molar-refractivity contribution >= 4 is 20.0 Å². The van der Waals surface area contributed by atoms with Gasteiger partial charge in [0.25, 0.3) is 0 Å². The molecule has 0 amide bonds. The molecule has 0 unspecified atom stereocenters. The number of sulfonamides is 2. The summed E-state index contributed by atoms with van der Waals surface area (Å²) in [7, 11) is -12.6. The molecule has 0 aromatic heterocycles. The number of nitrogens with zero attached hydrogens (tertiary/aromatic N) is 1. The van der Waals surface area contributed by atoms with Gasteiger partial charge in [0.1, 0.15) is 0 Å². The molecule has 0 spiro atoms. The van der Waals surface area contributed by atoms with E-state index >= 15 is 0 Å². The van der Waals surface area contributed by atoms with E-state index in [1.165, 1.54) is 0 Å². The van der Waals surface area contributed by atoms with Crippen molar-refractivity contribution in [1.29, 1.82) is 0 Å². The predicted molar refractivity (Wildman–Crippen MR) is 48.5 cm³/mol. The highest BCUT2D eigenvalue weighted by atomic mass is 32.3. The first-order valence-electron chi connectivity index (χ1n) is 4.09. The highest BCUT2D eigenvalue weighted by Crippen LogP contribution is 2.34. The van der Waals surface area contributed by atoms with Crippen LogP contribution in [0, 0.1) is 0 Å². The van der Waals surface area contributed by atoms with Crippen LogP contribution in [-0.2, 0) is 24.8 Å². The van der Waals surface area contributed by atoms with Gasteiger partial charge in [0.05, 0.1) is 13.2 Å². The van der Waals surface area contributed by atoms with E-state index in [1.807, 2.05) is 0 Å². The molecule has 0 heterocycles. The number of rotatable bonds is 5. The second kappa shape index (κ2) is 5.41. The number of methoxy groups -OCH3 is 1. The summed E-state index contributed by atoms with van der Waals surface area (Å²) < 4.78 is 118. The molecule has 0 N–H and O–H groups in total. The minimum absolute atomic E-state index is 0.832. The molecule has 0 atom stereocenters. The largest absolute Gasteiger partial charge is 0.512 e. The summed E-state index contributed by atoms with van der Waals surface area (Å²) in [6, 6.07) is 0. The Morgan fingerprint density at radius 1 is 0.895 bits per heavy atom. The molecule has 0 aromatic carbocycles. The Kier molecular flexibility index (Phi) is 5.24. The van der Waals surface area contributed by atoms with Gasteiger partial charge in [-0.15, -0.1) is 0 Å². The molecule has 0 aliphatic heterocycles. The van der Waals surface area contributed by atoms with Crippen molar-refractivity contribution in [2.24, 2.45) is 0 Å². The summed E-state index contributed by atoms with van der Waals surface area (Å²) in [5, 5.41) is 0. The van der Waals surface area contributed by atoms with Crippen LogP contribution in [0.25, 0.3) is 0 Å². The first-order valence-corrected chi connectivity index (χ1v) is 6.97. The lowest BCUT2D eigenvalue weighted by molar-refractivity contribution is -0.0535. The van der Waals surface area contributed by atoms with Gasteiger partial charge in [-0.2, -0.15) is 26.3 Å². The first-order chi connectivity index (χ1) is 8.19. The fourth-order valence-corrected chi connectivity index (χ4v) is 3.40. The maximum Gasteiger partial charge on any atom is 0.512 e. The molecule has 0 radical (unpaired) electrons. The minimum Gasteiger partial charge on any atom is -0.383 e. The number of halogens is 6. The molecule has 0 fully saturated rings. The van der Waals surface area contributed by atoms with Crippen molar-refractivity contribution in [3.8, 4) is 0 Å². The molecule has 6 nitrogen and oxygen atoms in total. The average Bonchev–Trinajstić information content (AvgIpc) is 2.13. The topological polar surface area (TPSA) is 80.8 Å². The van der Waals surface area contributed by atoms with E-state index in [0.29, 0.717) is 0 Å². The molecule has 116 valence electrons. The molecule has 0 bridgehead atoms. The molecule has 19 heavy (non-hydrogen) atoms. The normalized spacial score (nSPS) is 14.9. The van der Waals surface area contributed by atoms with Crippen LogP contribution in [0.15, 0.2) is 0 Å². The smallest absolute Gasteiger partial charge is 0.383 e. The van der Waals surface area contributed by atoms with Crippen LogP contribution in [0.3, 0.4) is 0 Å². The Morgan fingerprint density at radius 2 is 1.21 bits per heavy atom. The summed E-state index contributed by atoms with van der Waals surface area (Å²) in [6.07, 6.45) is 0. The second-order valence-corrected chi connectivity index (χ2v) is 6.83. The molecule has 0 aromatic rings. The van der Waals surface area contributed by atoms with Crippen LogP contribution in [0.1, 0.15) is 0 Å². The van der Waals surface area contributed by atoms with Gasteiger partial charge in [0, 0.05) is 7.11 Å². The van der Waals surface area contributed by atoms with Crippen molar-refractivity contribution in [2.45, 2.75) is 11.0 Å². The third-order valence-electron chi connectivity index (χ3n) is 1.60. The quantitative estimate of drug-likeness (QED) is 0.687. The maximum atomic E-state index is 12.1. The summed E-state index contributed by atoms with van der Waals surface area (Å²) in [6.45, 7) is -2.63. The highest BCUT2D eigenvalue weighted by molar-refractivity contribution is 8.04. The second-order valence-electron chi connectivity index (χ2n) is 2.89. The van der Waals surface area contributed by atoms with Crippen LogP contribution in [0.4, 0.5) is 26.3 Å². The average molecular weight is 339 g/mol. The van der Waals surface area contributed by atoms with Crippen LogP contribution < -0.4 is 0 Å². The summed E-state index contributed by atoms with van der Waals surface area (Å²) in [5.41, 5.74) is -12.4. The van der Waals surface area contributed by atoms with Crippen molar-refractivity contribution in [1.82, 2.24) is 3.71 Å². The number of alkyl halides is 6. The van der Waals surface area contributed by atoms with Crippen molar-refractivity contribution < 1.29 is 47.9 Å². The number of hydrogen-bond donors (Lipinski definition) is 0. The fraction of sp³-hybridized carbons (Fsp3) is 1.00. The monoisotopic (exact) mass is 339 g/mol. The summed E-state index contributed by atoms with van der Waals surface area (Å²) in [5.74, 6) is 0. The third-order valence-corrected chi connectivity index (χ3v) is 5.38. The van der Waals surface area contributed by atoms with Crippen LogP contribution in [-0.4, -0.2) is 51.8 Å². The standard InChI is InChI=1S/C5H7F6NO5S2/c1-17-3-2-12(18(13,14)4(6,7)8)19(15,16)5(9,10)11/h2-3H2,1H3. The van der Waals surface area contributed by atoms with Gasteiger partial charge in [-0.1, -0.05) is 3.71 Å². The van der Waals surface area contributed by atoms with E-state index in [2.05, 4.69) is 4.74 Å². The Hall–Kier alpha value is -0.600. The Bertz CT molecular complexity index is 461. The van der Waals surface area contributed by atoms with Gasteiger partial charge in [-0.05, 0) is 0 Å². The Labute approximate surface area is 104 Å². The molecular weight excluding hydrogens is 332 g/mol. The zero-order valence-corrected chi connectivity index (χ0v) is 10.6. The van der Waals surface area contributed by atoms with E-state index < -0.39 is 47.9 Å². The third kappa shape index (κ3) is 3.70. The highest BCUT2D eigenvalue weighted by Gasteiger charge is 2.61. The van der Waals surface area contributed by atoms with Gasteiger partial charge in [0.2, 0.25) is 0 Å². The van der Waals surface area contributed by atoms with E-state index in [9.17, 15) is 43.2 Å². The van der Waals surface area contributed by atoms with Gasteiger partial charge < -0.3 is 4.74 Å². The molecule has 0 aliphatic carbocycles. The molecule has 0 saturated carbocycles. The van der Waals surface area contributed by atoms with Crippen molar-refractivity contribution in [3.05, 3.63) is 0 Å². The van der Waals surface area contributed by atoms with E-state index in [4.69, 9.17) is 0 Å². The van der Waals surface area contributed by atoms with Crippen molar-refractivity contribution in [2.75, 3.05) is 20.3 Å². The number of hydrogen-bond acceptors (Lipinski definition) is 5. The predicted octanol–water partition coefficient (Wildman–Crippen LogP) is 0.634. The summed E-state index contributed by atoms with van der Waals surface area (Å²) in [4.78, 5) is 0. The fourth-order valence-electron chi connectivity index (χ4n) is 0.766. The van der Waals surface area contributed by atoms with Crippen LogP contribution in [0.5, 0.6) is 0 Å². The lowest BCUT2D eigenvalue weighted by Crippen LogP contribution is -2.50. The van der Waals surface area contributed by atoms with Crippen molar-refractivity contribution in [3.63, 3.8) is 0 Å². The Morgan fingerprint density at radius 3 is 1.42 bits per heavy atom. The molecule has 14 heteroatoms. The molecule has 0 saturated heterocycles. The van der Waals surface area contributed by atoms with Gasteiger partial charge >= 0.3 is 31.1 Å². The van der Waals surface area contributed by atoms with Gasteiger partial charge in [0.15, 0.2) is 0 Å². The van der Waals surface area contributed by atoms with E-state index in [-0.39, 0.29) is 0 Å². The lowest BCUT2D eigenvalue weighted by Gasteiger charge is -2.23. The van der Waals surface area contributed by atoms with Crippen LogP contribution in [0.2, 0.25) is 0 Å².